The number of nitrogens with one attached hydrogen (secondary N) is 1. The first-order valence-electron chi connectivity index (χ1n) is 5.00. The van der Waals surface area contributed by atoms with Crippen molar-refractivity contribution in [3.05, 3.63) is 11.8 Å². The number of Topliss-reactive ketones (excluding diaryl/α,β-unsaturated/α-hetero) is 2. The van der Waals surface area contributed by atoms with Crippen molar-refractivity contribution in [3.63, 3.8) is 0 Å². The van der Waals surface area contributed by atoms with E-state index in [9.17, 15) is 9.59 Å². The van der Waals surface area contributed by atoms with Gasteiger partial charge in [-0.25, -0.2) is 0 Å². The smallest absolute Gasteiger partial charge is 0.160 e. The minimum Gasteiger partial charge on any atom is -0.394 e. The number of allylic oxidation sites excluding steroid dienone is 1. The summed E-state index contributed by atoms with van der Waals surface area (Å²) in [5, 5.41) is 2.85. The van der Waals surface area contributed by atoms with Gasteiger partial charge in [0.1, 0.15) is 5.78 Å². The van der Waals surface area contributed by atoms with Gasteiger partial charge in [-0.05, 0) is 19.8 Å². The number of ketones is 2. The Morgan fingerprint density at radius 2 is 1.93 bits per heavy atom. The minimum atomic E-state index is 0.142. The van der Waals surface area contributed by atoms with Crippen molar-refractivity contribution in [2.45, 2.75) is 39.5 Å². The topological polar surface area (TPSA) is 46.2 Å². The predicted octanol–water partition coefficient (Wildman–Crippen LogP) is 1.83. The molecule has 0 radical (unpaired) electrons. The minimum absolute atomic E-state index is 0.142. The van der Waals surface area contributed by atoms with Crippen LogP contribution in [0.15, 0.2) is 11.8 Å². The Labute approximate surface area is 85.6 Å². The highest BCUT2D eigenvalue weighted by Crippen LogP contribution is 2.07. The van der Waals surface area contributed by atoms with Crippen molar-refractivity contribution in [2.75, 3.05) is 7.05 Å². The molecule has 0 aliphatic carbocycles. The fourth-order valence-electron chi connectivity index (χ4n) is 1.21. The first-order valence-corrected chi connectivity index (χ1v) is 5.00. The van der Waals surface area contributed by atoms with E-state index in [1.165, 1.54) is 0 Å². The fraction of sp³-hybridized carbons (Fsp3) is 0.636. The molecule has 14 heavy (non-hydrogen) atoms. The summed E-state index contributed by atoms with van der Waals surface area (Å²) in [4.78, 5) is 22.2. The summed E-state index contributed by atoms with van der Waals surface area (Å²) in [5.41, 5.74) is 0.802. The van der Waals surface area contributed by atoms with Crippen LogP contribution in [0.25, 0.3) is 0 Å². The molecule has 0 saturated carbocycles. The largest absolute Gasteiger partial charge is 0.394 e. The normalized spacial score (nSPS) is 11.2. The molecule has 0 aliphatic rings. The monoisotopic (exact) mass is 197 g/mol. The second kappa shape index (κ2) is 7.30. The molecular formula is C11H19NO2. The molecule has 0 aromatic rings. The maximum atomic E-state index is 11.5. The van der Waals surface area contributed by atoms with Gasteiger partial charge >= 0.3 is 0 Å². The van der Waals surface area contributed by atoms with Crippen LogP contribution in [0.5, 0.6) is 0 Å². The molecule has 0 aliphatic heterocycles. The van der Waals surface area contributed by atoms with Gasteiger partial charge in [-0.1, -0.05) is 6.92 Å². The van der Waals surface area contributed by atoms with Crippen LogP contribution in [0.1, 0.15) is 39.5 Å². The molecule has 3 heteroatoms. The molecule has 0 aromatic heterocycles. The summed E-state index contributed by atoms with van der Waals surface area (Å²) in [6.45, 7) is 3.50. The Morgan fingerprint density at radius 1 is 1.29 bits per heavy atom. The molecule has 0 fully saturated rings. The van der Waals surface area contributed by atoms with Gasteiger partial charge in [-0.3, -0.25) is 4.79 Å². The highest BCUT2D eigenvalue weighted by molar-refractivity contribution is 5.95. The van der Waals surface area contributed by atoms with Crippen molar-refractivity contribution in [1.29, 1.82) is 0 Å². The third-order valence-electron chi connectivity index (χ3n) is 1.99. The summed E-state index contributed by atoms with van der Waals surface area (Å²) in [6, 6.07) is 0. The molecule has 0 bridgehead atoms. The molecule has 1 N–H and O–H groups in total. The van der Waals surface area contributed by atoms with Gasteiger partial charge in [0.2, 0.25) is 0 Å². The van der Waals surface area contributed by atoms with E-state index in [0.29, 0.717) is 19.3 Å². The average molecular weight is 197 g/mol. The van der Waals surface area contributed by atoms with Crippen LogP contribution in [0.3, 0.4) is 0 Å². The zero-order valence-corrected chi connectivity index (χ0v) is 9.22. The van der Waals surface area contributed by atoms with Gasteiger partial charge in [0.05, 0.1) is 0 Å². The van der Waals surface area contributed by atoms with Crippen LogP contribution in [0, 0.1) is 0 Å². The lowest BCUT2D eigenvalue weighted by atomic mass is 10.0. The second-order valence-corrected chi connectivity index (χ2v) is 3.29. The van der Waals surface area contributed by atoms with Gasteiger partial charge in [-0.2, -0.15) is 0 Å². The molecular weight excluding hydrogens is 178 g/mol. The first kappa shape index (κ1) is 12.9. The Morgan fingerprint density at radius 3 is 2.36 bits per heavy atom. The lowest BCUT2D eigenvalue weighted by molar-refractivity contribution is -0.117. The van der Waals surface area contributed by atoms with Crippen LogP contribution < -0.4 is 5.32 Å². The summed E-state index contributed by atoms with van der Waals surface area (Å²) < 4.78 is 0. The summed E-state index contributed by atoms with van der Waals surface area (Å²) >= 11 is 0. The van der Waals surface area contributed by atoms with Gasteiger partial charge < -0.3 is 10.1 Å². The number of carbonyl (C=O) groups excluding carboxylic acids is 2. The summed E-state index contributed by atoms with van der Waals surface area (Å²) in [6.07, 6.45) is 4.11. The molecule has 0 amide bonds. The number of rotatable bonds is 7. The van der Waals surface area contributed by atoms with E-state index in [4.69, 9.17) is 0 Å². The highest BCUT2D eigenvalue weighted by atomic mass is 16.1. The standard InChI is InChI=1S/C11H19NO2/c1-4-10(8-12-3)11(14)7-5-6-9(2)13/h8,12H,4-7H2,1-3H3/b10-8-. The molecule has 0 spiro atoms. The number of hydrogen-bond donors (Lipinski definition) is 1. The Bertz CT molecular complexity index is 231. The van der Waals surface area contributed by atoms with E-state index < -0.39 is 0 Å². The molecule has 80 valence electrons. The van der Waals surface area contributed by atoms with E-state index in [1.54, 1.807) is 20.2 Å². The zero-order valence-electron chi connectivity index (χ0n) is 9.22. The Hall–Kier alpha value is -1.12. The first-order chi connectivity index (χ1) is 6.61. The molecule has 0 aromatic carbocycles. The van der Waals surface area contributed by atoms with Crippen molar-refractivity contribution in [1.82, 2.24) is 5.32 Å². The number of carbonyl (C=O) groups is 2. The third-order valence-corrected chi connectivity index (χ3v) is 1.99. The van der Waals surface area contributed by atoms with Crippen LogP contribution >= 0.6 is 0 Å². The van der Waals surface area contributed by atoms with Crippen LogP contribution in [-0.4, -0.2) is 18.6 Å². The molecule has 0 unspecified atom stereocenters. The third kappa shape index (κ3) is 5.51. The fourth-order valence-corrected chi connectivity index (χ4v) is 1.21. The van der Waals surface area contributed by atoms with Crippen LogP contribution in [-0.2, 0) is 9.59 Å². The lowest BCUT2D eigenvalue weighted by Gasteiger charge is -2.02. The molecule has 3 nitrogen and oxygen atoms in total. The lowest BCUT2D eigenvalue weighted by Crippen LogP contribution is -2.07. The quantitative estimate of drug-likeness (QED) is 0.633. The van der Waals surface area contributed by atoms with E-state index >= 15 is 0 Å². The van der Waals surface area contributed by atoms with Crippen molar-refractivity contribution in [3.8, 4) is 0 Å². The van der Waals surface area contributed by atoms with Crippen LogP contribution in [0.2, 0.25) is 0 Å². The van der Waals surface area contributed by atoms with Crippen molar-refractivity contribution in [2.24, 2.45) is 0 Å². The summed E-state index contributed by atoms with van der Waals surface area (Å²) in [7, 11) is 1.78. The van der Waals surface area contributed by atoms with Gasteiger partial charge in [0.25, 0.3) is 0 Å². The van der Waals surface area contributed by atoms with Gasteiger partial charge in [0.15, 0.2) is 5.78 Å². The molecule has 0 heterocycles. The molecule has 0 saturated heterocycles. The van der Waals surface area contributed by atoms with Crippen LogP contribution in [0.4, 0.5) is 0 Å². The van der Waals surface area contributed by atoms with E-state index in [1.807, 2.05) is 6.92 Å². The SMILES string of the molecule is CC/C(=C/NC)C(=O)CCCC(C)=O. The highest BCUT2D eigenvalue weighted by Gasteiger charge is 2.07. The maximum Gasteiger partial charge on any atom is 0.160 e. The Balaban J connectivity index is 3.93. The second-order valence-electron chi connectivity index (χ2n) is 3.29. The van der Waals surface area contributed by atoms with Gasteiger partial charge in [0, 0.05) is 31.7 Å². The predicted molar refractivity (Wildman–Crippen MR) is 57.0 cm³/mol. The maximum absolute atomic E-state index is 11.5. The zero-order chi connectivity index (χ0) is 11.0. The number of hydrogen-bond acceptors (Lipinski definition) is 3. The van der Waals surface area contributed by atoms with Crippen molar-refractivity contribution < 1.29 is 9.59 Å². The van der Waals surface area contributed by atoms with Crippen molar-refractivity contribution >= 4 is 11.6 Å². The van der Waals surface area contributed by atoms with Gasteiger partial charge in [-0.15, -0.1) is 0 Å². The van der Waals surface area contributed by atoms with E-state index in [0.717, 1.165) is 12.0 Å². The van der Waals surface area contributed by atoms with E-state index in [-0.39, 0.29) is 11.6 Å². The molecule has 0 atom stereocenters. The molecule has 0 rings (SSSR count). The summed E-state index contributed by atoms with van der Waals surface area (Å²) in [5.74, 6) is 0.288. The Kier molecular flexibility index (Phi) is 6.72. The average Bonchev–Trinajstić information content (AvgIpc) is 2.13. The van der Waals surface area contributed by atoms with E-state index in [2.05, 4.69) is 5.32 Å².